The second kappa shape index (κ2) is 7.18. The summed E-state index contributed by atoms with van der Waals surface area (Å²) in [4.78, 5) is 2.08. The van der Waals surface area contributed by atoms with Crippen LogP contribution in [0.5, 0.6) is 0 Å². The smallest absolute Gasteiger partial charge is 0.214 e. The highest BCUT2D eigenvalue weighted by atomic mass is 35.5. The number of anilines is 1. The van der Waals surface area contributed by atoms with E-state index in [-0.39, 0.29) is 5.75 Å². The van der Waals surface area contributed by atoms with E-state index in [4.69, 9.17) is 23.2 Å². The van der Waals surface area contributed by atoms with E-state index in [1.807, 2.05) is 19.1 Å². The summed E-state index contributed by atoms with van der Waals surface area (Å²) in [6.07, 6.45) is 1.60. The van der Waals surface area contributed by atoms with Gasteiger partial charge in [-0.05, 0) is 18.6 Å². The lowest BCUT2D eigenvalue weighted by molar-refractivity contribution is 0.384. The minimum atomic E-state index is -3.12. The van der Waals surface area contributed by atoms with E-state index in [1.54, 1.807) is 10.4 Å². The van der Waals surface area contributed by atoms with Crippen LogP contribution in [0.4, 0.5) is 5.69 Å². The van der Waals surface area contributed by atoms with Crippen LogP contribution in [-0.2, 0) is 10.0 Å². The van der Waals surface area contributed by atoms with E-state index < -0.39 is 10.0 Å². The maximum absolute atomic E-state index is 12.2. The first-order valence-electron chi connectivity index (χ1n) is 7.12. The fourth-order valence-electron chi connectivity index (χ4n) is 2.40. The zero-order valence-corrected chi connectivity index (χ0v) is 14.4. The first-order valence-corrected chi connectivity index (χ1v) is 9.49. The van der Waals surface area contributed by atoms with Crippen molar-refractivity contribution in [3.63, 3.8) is 0 Å². The van der Waals surface area contributed by atoms with E-state index in [9.17, 15) is 8.42 Å². The Labute approximate surface area is 136 Å². The van der Waals surface area contributed by atoms with Crippen LogP contribution >= 0.6 is 23.2 Å². The molecule has 7 heteroatoms. The van der Waals surface area contributed by atoms with E-state index in [2.05, 4.69) is 4.90 Å². The van der Waals surface area contributed by atoms with Crippen molar-refractivity contribution < 1.29 is 8.42 Å². The molecule has 0 bridgehead atoms. The average Bonchev–Trinajstić information content (AvgIpc) is 2.48. The molecule has 1 saturated heterocycles. The molecule has 1 aromatic carbocycles. The molecule has 0 radical (unpaired) electrons. The SMILES string of the molecule is CCCCS(=O)(=O)N1CCN(c2cccc(Cl)c2Cl)CC1. The second-order valence-electron chi connectivity index (χ2n) is 5.13. The average molecular weight is 351 g/mol. The minimum absolute atomic E-state index is 0.238. The van der Waals surface area contributed by atoms with Crippen LogP contribution in [0.2, 0.25) is 10.0 Å². The molecule has 118 valence electrons. The van der Waals surface area contributed by atoms with Gasteiger partial charge in [0.1, 0.15) is 0 Å². The maximum Gasteiger partial charge on any atom is 0.214 e. The topological polar surface area (TPSA) is 40.6 Å². The fourth-order valence-corrected chi connectivity index (χ4v) is 4.45. The quantitative estimate of drug-likeness (QED) is 0.818. The molecule has 1 aliphatic rings. The Morgan fingerprint density at radius 2 is 1.81 bits per heavy atom. The molecule has 1 fully saturated rings. The number of rotatable bonds is 5. The number of halogens is 2. The van der Waals surface area contributed by atoms with E-state index in [1.165, 1.54) is 0 Å². The molecule has 0 saturated carbocycles. The normalized spacial score (nSPS) is 17.2. The van der Waals surface area contributed by atoms with Gasteiger partial charge in [0, 0.05) is 26.2 Å². The van der Waals surface area contributed by atoms with Crippen LogP contribution in [-0.4, -0.2) is 44.7 Å². The standard InChI is InChI=1S/C14H20Cl2N2O2S/c1-2-3-11-21(19,20)18-9-7-17(8-10-18)13-6-4-5-12(15)14(13)16/h4-6H,2-3,7-11H2,1H3. The number of hydrogen-bond donors (Lipinski definition) is 0. The third-order valence-corrected chi connectivity index (χ3v) is 6.43. The van der Waals surface area contributed by atoms with Crippen LogP contribution in [0.1, 0.15) is 19.8 Å². The summed E-state index contributed by atoms with van der Waals surface area (Å²) in [5.74, 6) is 0.238. The zero-order valence-electron chi connectivity index (χ0n) is 12.1. The molecule has 2 rings (SSSR count). The fraction of sp³-hybridized carbons (Fsp3) is 0.571. The molecule has 0 amide bonds. The van der Waals surface area contributed by atoms with Crippen molar-refractivity contribution in [3.05, 3.63) is 28.2 Å². The molecule has 0 atom stereocenters. The number of hydrogen-bond acceptors (Lipinski definition) is 3. The highest BCUT2D eigenvalue weighted by Gasteiger charge is 2.27. The van der Waals surface area contributed by atoms with E-state index in [0.29, 0.717) is 42.6 Å². The lowest BCUT2D eigenvalue weighted by Gasteiger charge is -2.35. The van der Waals surface area contributed by atoms with Crippen LogP contribution in [0.15, 0.2) is 18.2 Å². The van der Waals surface area contributed by atoms with Gasteiger partial charge in [-0.3, -0.25) is 0 Å². The molecule has 1 aromatic rings. The van der Waals surface area contributed by atoms with Gasteiger partial charge in [-0.2, -0.15) is 4.31 Å². The van der Waals surface area contributed by atoms with Crippen molar-refractivity contribution in [2.75, 3.05) is 36.8 Å². The van der Waals surface area contributed by atoms with Crippen LogP contribution in [0.3, 0.4) is 0 Å². The molecule has 4 nitrogen and oxygen atoms in total. The summed E-state index contributed by atoms with van der Waals surface area (Å²) in [7, 11) is -3.12. The molecule has 1 aliphatic heterocycles. The summed E-state index contributed by atoms with van der Waals surface area (Å²) in [5, 5.41) is 1.05. The highest BCUT2D eigenvalue weighted by molar-refractivity contribution is 7.89. The van der Waals surface area contributed by atoms with Crippen LogP contribution in [0, 0.1) is 0 Å². The molecular weight excluding hydrogens is 331 g/mol. The summed E-state index contributed by atoms with van der Waals surface area (Å²) in [6.45, 7) is 4.25. The molecule has 21 heavy (non-hydrogen) atoms. The summed E-state index contributed by atoms with van der Waals surface area (Å²) < 4.78 is 25.9. The predicted octanol–water partition coefficient (Wildman–Crippen LogP) is 3.25. The lowest BCUT2D eigenvalue weighted by atomic mass is 10.2. The monoisotopic (exact) mass is 350 g/mol. The van der Waals surface area contributed by atoms with E-state index >= 15 is 0 Å². The summed E-state index contributed by atoms with van der Waals surface area (Å²) in [6, 6.07) is 5.52. The van der Waals surface area contributed by atoms with Gasteiger partial charge in [0.25, 0.3) is 0 Å². The highest BCUT2D eigenvalue weighted by Crippen LogP contribution is 2.33. The lowest BCUT2D eigenvalue weighted by Crippen LogP contribution is -2.49. The van der Waals surface area contributed by atoms with Crippen molar-refractivity contribution in [2.45, 2.75) is 19.8 Å². The van der Waals surface area contributed by atoms with Crippen LogP contribution in [0.25, 0.3) is 0 Å². The third-order valence-electron chi connectivity index (χ3n) is 3.66. The Hall–Kier alpha value is -0.490. The molecule has 1 heterocycles. The Kier molecular flexibility index (Phi) is 5.77. The number of nitrogens with zero attached hydrogens (tertiary/aromatic N) is 2. The van der Waals surface area contributed by atoms with Crippen molar-refractivity contribution in [1.29, 1.82) is 0 Å². The van der Waals surface area contributed by atoms with Crippen molar-refractivity contribution in [1.82, 2.24) is 4.31 Å². The molecule has 0 spiro atoms. The molecule has 0 N–H and O–H groups in total. The van der Waals surface area contributed by atoms with Gasteiger partial charge in [-0.25, -0.2) is 8.42 Å². The van der Waals surface area contributed by atoms with Crippen molar-refractivity contribution in [3.8, 4) is 0 Å². The third kappa shape index (κ3) is 4.03. The van der Waals surface area contributed by atoms with Gasteiger partial charge >= 0.3 is 0 Å². The van der Waals surface area contributed by atoms with Gasteiger partial charge in [0.15, 0.2) is 0 Å². The van der Waals surface area contributed by atoms with E-state index in [0.717, 1.165) is 12.1 Å². The second-order valence-corrected chi connectivity index (χ2v) is 8.00. The van der Waals surface area contributed by atoms with Gasteiger partial charge in [0.2, 0.25) is 10.0 Å². The number of benzene rings is 1. The maximum atomic E-state index is 12.2. The minimum Gasteiger partial charge on any atom is -0.368 e. The predicted molar refractivity (Wildman–Crippen MR) is 88.9 cm³/mol. The first-order chi connectivity index (χ1) is 9.95. The first kappa shape index (κ1) is 16.9. The van der Waals surface area contributed by atoms with Crippen LogP contribution < -0.4 is 4.90 Å². The molecule has 0 aliphatic carbocycles. The van der Waals surface area contributed by atoms with Gasteiger partial charge in [-0.15, -0.1) is 0 Å². The Balaban J connectivity index is 2.02. The van der Waals surface area contributed by atoms with Crippen molar-refractivity contribution in [2.24, 2.45) is 0 Å². The Bertz CT molecular complexity index is 585. The number of unbranched alkanes of at least 4 members (excludes halogenated alkanes) is 1. The number of sulfonamides is 1. The molecule has 0 unspecified atom stereocenters. The van der Waals surface area contributed by atoms with Crippen molar-refractivity contribution >= 4 is 38.9 Å². The summed E-state index contributed by atoms with van der Waals surface area (Å²) in [5.41, 5.74) is 0.870. The van der Waals surface area contributed by atoms with Gasteiger partial charge < -0.3 is 4.90 Å². The largest absolute Gasteiger partial charge is 0.368 e. The zero-order chi connectivity index (χ0) is 15.5. The number of piperazine rings is 1. The summed E-state index contributed by atoms with van der Waals surface area (Å²) >= 11 is 12.2. The molecular formula is C14H20Cl2N2O2S. The van der Waals surface area contributed by atoms with Gasteiger partial charge in [-0.1, -0.05) is 42.6 Å². The van der Waals surface area contributed by atoms with Gasteiger partial charge in [0.05, 0.1) is 21.5 Å². The Morgan fingerprint density at radius 1 is 1.14 bits per heavy atom. The Morgan fingerprint density at radius 3 is 2.43 bits per heavy atom. The molecule has 0 aromatic heterocycles.